The molecule has 1 aliphatic rings. The number of hydrogen-bond acceptors (Lipinski definition) is 4. The van der Waals surface area contributed by atoms with Crippen LogP contribution in [0.15, 0.2) is 53.3 Å². The lowest BCUT2D eigenvalue weighted by Crippen LogP contribution is -2.17. The normalized spacial score (nSPS) is 17.6. The second-order valence-electron chi connectivity index (χ2n) is 5.86. The van der Waals surface area contributed by atoms with Crippen LogP contribution in [0.25, 0.3) is 10.9 Å². The van der Waals surface area contributed by atoms with E-state index in [2.05, 4.69) is 33.3 Å². The summed E-state index contributed by atoms with van der Waals surface area (Å²) in [5.41, 5.74) is 10.6. The molecule has 0 aliphatic heterocycles. The predicted molar refractivity (Wildman–Crippen MR) is 92.0 cm³/mol. The fourth-order valence-electron chi connectivity index (χ4n) is 2.86. The average molecular weight is 308 g/mol. The van der Waals surface area contributed by atoms with Crippen LogP contribution in [0, 0.1) is 16.9 Å². The van der Waals surface area contributed by atoms with Crippen LogP contribution < -0.4 is 5.32 Å². The molecule has 1 aromatic carbocycles. The molecule has 0 bridgehead atoms. The van der Waals surface area contributed by atoms with E-state index in [1.165, 1.54) is 0 Å². The summed E-state index contributed by atoms with van der Waals surface area (Å²) in [4.78, 5) is 0. The molecule has 4 N–H and O–H groups in total. The molecule has 0 fully saturated rings. The molecule has 6 heteroatoms. The highest BCUT2D eigenvalue weighted by Gasteiger charge is 2.17. The smallest absolute Gasteiger partial charge is 0.129 e. The molecule has 0 saturated heterocycles. The quantitative estimate of drug-likeness (QED) is 0.377. The number of fused-ring (bicyclic) bond motifs is 1. The topological polar surface area (TPSA) is 101 Å². The highest BCUT2D eigenvalue weighted by molar-refractivity contribution is 6.09. The first-order valence-electron chi connectivity index (χ1n) is 7.68. The van der Waals surface area contributed by atoms with Crippen molar-refractivity contribution < 1.29 is 0 Å². The molecule has 118 valence electrons. The van der Waals surface area contributed by atoms with Crippen LogP contribution in [-0.2, 0) is 0 Å². The van der Waals surface area contributed by atoms with E-state index in [-0.39, 0.29) is 0 Å². The zero-order valence-electron chi connectivity index (χ0n) is 12.9. The summed E-state index contributed by atoms with van der Waals surface area (Å²) in [6.45, 7) is 4.66. The van der Waals surface area contributed by atoms with Crippen LogP contribution in [0.1, 0.15) is 19.3 Å². The Bertz CT molecular complexity index is 785. The fourth-order valence-corrected chi connectivity index (χ4v) is 2.86. The van der Waals surface area contributed by atoms with Crippen molar-refractivity contribution in [1.29, 1.82) is 10.9 Å². The Labute approximate surface area is 134 Å². The highest BCUT2D eigenvalue weighted by Crippen LogP contribution is 2.28. The summed E-state index contributed by atoms with van der Waals surface area (Å²) in [6, 6.07) is 5.82. The monoisotopic (exact) mass is 308 g/mol. The Morgan fingerprint density at radius 1 is 1.48 bits per heavy atom. The highest BCUT2D eigenvalue weighted by atomic mass is 15.1. The number of nitrogens with zero attached hydrogens (tertiary/aromatic N) is 2. The minimum atomic E-state index is 0.322. The Hall–Kier alpha value is -2.76. The number of nitrogens with one attached hydrogen (secondary N) is 4. The van der Waals surface area contributed by atoms with E-state index >= 15 is 0 Å². The summed E-state index contributed by atoms with van der Waals surface area (Å²) in [7, 11) is 0. The van der Waals surface area contributed by atoms with Gasteiger partial charge in [-0.1, -0.05) is 12.7 Å². The van der Waals surface area contributed by atoms with Crippen LogP contribution >= 0.6 is 0 Å². The molecule has 3 rings (SSSR count). The fraction of sp³-hybridized carbons (Fsp3) is 0.294. The van der Waals surface area contributed by atoms with Gasteiger partial charge in [0.25, 0.3) is 0 Å². The van der Waals surface area contributed by atoms with Gasteiger partial charge in [-0.3, -0.25) is 10.5 Å². The third-order valence-electron chi connectivity index (χ3n) is 4.27. The zero-order chi connectivity index (χ0) is 16.2. The molecule has 2 aromatic rings. The van der Waals surface area contributed by atoms with E-state index in [0.29, 0.717) is 18.3 Å². The first-order chi connectivity index (χ1) is 11.2. The third-order valence-corrected chi connectivity index (χ3v) is 4.27. The van der Waals surface area contributed by atoms with Gasteiger partial charge in [-0.25, -0.2) is 5.53 Å². The van der Waals surface area contributed by atoms with Crippen molar-refractivity contribution in [3.05, 3.63) is 48.2 Å². The number of aromatic amines is 1. The van der Waals surface area contributed by atoms with Crippen LogP contribution in [0.3, 0.4) is 0 Å². The van der Waals surface area contributed by atoms with Gasteiger partial charge in [0.15, 0.2) is 0 Å². The van der Waals surface area contributed by atoms with E-state index in [9.17, 15) is 0 Å². The van der Waals surface area contributed by atoms with Gasteiger partial charge in [-0.2, -0.15) is 10.2 Å². The van der Waals surface area contributed by atoms with Crippen LogP contribution in [0.5, 0.6) is 0 Å². The molecule has 1 aliphatic carbocycles. The van der Waals surface area contributed by atoms with E-state index in [1.54, 1.807) is 6.20 Å². The third kappa shape index (κ3) is 3.36. The summed E-state index contributed by atoms with van der Waals surface area (Å²) in [5, 5.41) is 22.7. The van der Waals surface area contributed by atoms with Crippen molar-refractivity contribution in [1.82, 2.24) is 10.2 Å². The number of aromatic nitrogens is 2. The number of hydrogen-bond donors (Lipinski definition) is 4. The van der Waals surface area contributed by atoms with Crippen LogP contribution in [0.2, 0.25) is 0 Å². The lowest BCUT2D eigenvalue weighted by atomic mass is 9.86. The Morgan fingerprint density at radius 2 is 2.35 bits per heavy atom. The Balaban J connectivity index is 1.65. The van der Waals surface area contributed by atoms with Crippen molar-refractivity contribution in [2.75, 3.05) is 11.9 Å². The van der Waals surface area contributed by atoms with Gasteiger partial charge in [0, 0.05) is 16.6 Å². The van der Waals surface area contributed by atoms with Gasteiger partial charge in [0.05, 0.1) is 18.3 Å². The lowest BCUT2D eigenvalue weighted by molar-refractivity contribution is 0.473. The summed E-state index contributed by atoms with van der Waals surface area (Å²) < 4.78 is 0. The van der Waals surface area contributed by atoms with Gasteiger partial charge in [-0.05, 0) is 49.0 Å². The number of rotatable bonds is 5. The van der Waals surface area contributed by atoms with Gasteiger partial charge in [0.1, 0.15) is 5.84 Å². The van der Waals surface area contributed by atoms with Gasteiger partial charge < -0.3 is 5.32 Å². The van der Waals surface area contributed by atoms with Crippen molar-refractivity contribution in [3.63, 3.8) is 0 Å². The summed E-state index contributed by atoms with van der Waals surface area (Å²) in [6.07, 6.45) is 6.70. The van der Waals surface area contributed by atoms with Crippen LogP contribution in [0.4, 0.5) is 5.69 Å². The number of benzene rings is 1. The number of anilines is 1. The summed E-state index contributed by atoms with van der Waals surface area (Å²) in [5.74, 6) is 0.775. The number of amidine groups is 1. The first kappa shape index (κ1) is 15.1. The maximum atomic E-state index is 8.25. The second kappa shape index (κ2) is 6.56. The average Bonchev–Trinajstić information content (AvgIpc) is 3.03. The zero-order valence-corrected chi connectivity index (χ0v) is 12.9. The van der Waals surface area contributed by atoms with Crippen molar-refractivity contribution in [2.24, 2.45) is 11.0 Å². The van der Waals surface area contributed by atoms with E-state index in [1.807, 2.05) is 18.2 Å². The van der Waals surface area contributed by atoms with Gasteiger partial charge >= 0.3 is 0 Å². The van der Waals surface area contributed by atoms with E-state index in [0.717, 1.165) is 47.0 Å². The second-order valence-corrected chi connectivity index (χ2v) is 5.86. The Morgan fingerprint density at radius 3 is 3.09 bits per heavy atom. The Kier molecular flexibility index (Phi) is 4.32. The molecular weight excluding hydrogens is 288 g/mol. The van der Waals surface area contributed by atoms with E-state index < -0.39 is 0 Å². The molecule has 1 atom stereocenters. The molecular formula is C17H20N6. The molecule has 6 nitrogen and oxygen atoms in total. The van der Waals surface area contributed by atoms with Gasteiger partial charge in [0.2, 0.25) is 0 Å². The molecule has 23 heavy (non-hydrogen) atoms. The molecule has 0 radical (unpaired) electrons. The minimum absolute atomic E-state index is 0.322. The van der Waals surface area contributed by atoms with E-state index in [4.69, 9.17) is 10.9 Å². The van der Waals surface area contributed by atoms with Gasteiger partial charge in [-0.15, -0.1) is 0 Å². The maximum absolute atomic E-state index is 8.25. The largest absolute Gasteiger partial charge is 0.340 e. The molecule has 1 heterocycles. The number of allylic oxidation sites excluding steroid dienone is 1. The standard InChI is InChI=1S/C17H20N6/c1-11(13-4-2-12(3-5-13)9-20-19)17(18)22-15-6-7-16-14(8-15)10-21-23-16/h4,6-8,10,12,19H,1-3,5,9H2,(H2,18,22)(H,21,23). The molecule has 0 amide bonds. The number of H-pyrrole nitrogens is 1. The maximum Gasteiger partial charge on any atom is 0.129 e. The lowest BCUT2D eigenvalue weighted by Gasteiger charge is -2.22. The van der Waals surface area contributed by atoms with Crippen molar-refractivity contribution >= 4 is 22.4 Å². The van der Waals surface area contributed by atoms with Crippen LogP contribution in [-0.4, -0.2) is 22.6 Å². The van der Waals surface area contributed by atoms with Crippen molar-refractivity contribution in [3.8, 4) is 0 Å². The summed E-state index contributed by atoms with van der Waals surface area (Å²) >= 11 is 0. The van der Waals surface area contributed by atoms with Crippen molar-refractivity contribution in [2.45, 2.75) is 19.3 Å². The SMILES string of the molecule is C=C(C(=N)Nc1ccc2[nH]ncc2c1)C1=CCC(CN=N)CC1. The molecule has 0 spiro atoms. The predicted octanol–water partition coefficient (Wildman–Crippen LogP) is 4.27. The molecule has 0 saturated carbocycles. The molecule has 1 aromatic heterocycles. The molecule has 1 unspecified atom stereocenters. The minimum Gasteiger partial charge on any atom is -0.340 e. The first-order valence-corrected chi connectivity index (χ1v) is 7.68.